The lowest BCUT2D eigenvalue weighted by molar-refractivity contribution is -0.142. The first-order chi connectivity index (χ1) is 5.81. The molecule has 0 amide bonds. The molecule has 0 fully saturated rings. The van der Waals surface area contributed by atoms with Crippen molar-refractivity contribution >= 4 is 5.97 Å². The van der Waals surface area contributed by atoms with Gasteiger partial charge in [-0.2, -0.15) is 0 Å². The summed E-state index contributed by atoms with van der Waals surface area (Å²) in [5.74, 6) is -0.197. The Kier molecular flexibility index (Phi) is 8.05. The Morgan fingerprint density at radius 1 is 1.58 bits per heavy atom. The van der Waals surface area contributed by atoms with Crippen LogP contribution in [-0.2, 0) is 9.53 Å². The fourth-order valence-corrected chi connectivity index (χ4v) is 0.674. The monoisotopic (exact) mass is 174 g/mol. The molecule has 72 valence electrons. The molecule has 0 aliphatic carbocycles. The first-order valence-corrected chi connectivity index (χ1v) is 4.37. The van der Waals surface area contributed by atoms with Gasteiger partial charge in [-0.1, -0.05) is 13.3 Å². The number of rotatable bonds is 7. The van der Waals surface area contributed by atoms with E-state index in [-0.39, 0.29) is 12.5 Å². The summed E-state index contributed by atoms with van der Waals surface area (Å²) >= 11 is 0. The zero-order valence-corrected chi connectivity index (χ0v) is 7.64. The topological polar surface area (TPSA) is 64.3 Å². The lowest BCUT2D eigenvalue weighted by atomic mass is 10.4. The summed E-state index contributed by atoms with van der Waals surface area (Å²) in [5.41, 5.74) is 5.22. The minimum Gasteiger partial charge on any atom is -0.465 e. The van der Waals surface area contributed by atoms with Gasteiger partial charge in [0.05, 0.1) is 13.2 Å². The molecule has 0 heterocycles. The molecule has 12 heavy (non-hydrogen) atoms. The van der Waals surface area contributed by atoms with Crippen LogP contribution in [-0.4, -0.2) is 32.2 Å². The largest absolute Gasteiger partial charge is 0.465 e. The van der Waals surface area contributed by atoms with Gasteiger partial charge in [-0.3, -0.25) is 4.79 Å². The second-order valence-electron chi connectivity index (χ2n) is 2.54. The zero-order chi connectivity index (χ0) is 9.23. The second kappa shape index (κ2) is 8.49. The molecule has 0 aliphatic rings. The van der Waals surface area contributed by atoms with Crippen molar-refractivity contribution in [2.45, 2.75) is 19.8 Å². The molecule has 0 aromatic rings. The number of nitrogens with one attached hydrogen (secondary N) is 1. The Morgan fingerprint density at radius 3 is 2.92 bits per heavy atom. The van der Waals surface area contributed by atoms with Crippen LogP contribution in [0.2, 0.25) is 0 Å². The molecule has 0 unspecified atom stereocenters. The van der Waals surface area contributed by atoms with E-state index in [1.807, 2.05) is 0 Å². The number of carbonyl (C=O) groups is 1. The summed E-state index contributed by atoms with van der Waals surface area (Å²) in [6, 6.07) is 0. The van der Waals surface area contributed by atoms with Crippen molar-refractivity contribution in [1.82, 2.24) is 5.32 Å². The quantitative estimate of drug-likeness (QED) is 0.417. The van der Waals surface area contributed by atoms with E-state index in [2.05, 4.69) is 12.2 Å². The van der Waals surface area contributed by atoms with Crippen LogP contribution in [0.25, 0.3) is 0 Å². The number of hydrogen-bond acceptors (Lipinski definition) is 4. The van der Waals surface area contributed by atoms with E-state index in [1.165, 1.54) is 0 Å². The minimum absolute atomic E-state index is 0.197. The number of nitrogens with two attached hydrogens (primary N) is 1. The highest BCUT2D eigenvalue weighted by Crippen LogP contribution is 1.87. The maximum absolute atomic E-state index is 10.9. The molecule has 0 saturated heterocycles. The number of esters is 1. The Morgan fingerprint density at radius 2 is 2.33 bits per heavy atom. The zero-order valence-electron chi connectivity index (χ0n) is 7.64. The molecular weight excluding hydrogens is 156 g/mol. The molecule has 0 spiro atoms. The highest BCUT2D eigenvalue weighted by atomic mass is 16.5. The maximum atomic E-state index is 10.9. The van der Waals surface area contributed by atoms with Crippen molar-refractivity contribution in [3.63, 3.8) is 0 Å². The van der Waals surface area contributed by atoms with Crippen molar-refractivity contribution in [3.05, 3.63) is 0 Å². The predicted octanol–water partition coefficient (Wildman–Crippen LogP) is -0.122. The first kappa shape index (κ1) is 11.4. The van der Waals surface area contributed by atoms with E-state index in [1.54, 1.807) is 0 Å². The molecule has 0 radical (unpaired) electrons. The van der Waals surface area contributed by atoms with Crippen molar-refractivity contribution in [2.24, 2.45) is 5.73 Å². The van der Waals surface area contributed by atoms with Crippen LogP contribution in [0.5, 0.6) is 0 Å². The van der Waals surface area contributed by atoms with Crippen LogP contribution in [0, 0.1) is 0 Å². The van der Waals surface area contributed by atoms with Crippen LogP contribution >= 0.6 is 0 Å². The lowest BCUT2D eigenvalue weighted by Gasteiger charge is -2.03. The van der Waals surface area contributed by atoms with Gasteiger partial charge in [-0.15, -0.1) is 0 Å². The molecule has 0 saturated carbocycles. The van der Waals surface area contributed by atoms with Gasteiger partial charge in [-0.05, 0) is 6.42 Å². The Bertz CT molecular complexity index is 106. The van der Waals surface area contributed by atoms with Crippen molar-refractivity contribution < 1.29 is 9.53 Å². The van der Waals surface area contributed by atoms with Crippen molar-refractivity contribution in [1.29, 1.82) is 0 Å². The lowest BCUT2D eigenvalue weighted by Crippen LogP contribution is -2.29. The van der Waals surface area contributed by atoms with Crippen LogP contribution in [0.3, 0.4) is 0 Å². The summed E-state index contributed by atoms with van der Waals surface area (Å²) < 4.78 is 4.89. The summed E-state index contributed by atoms with van der Waals surface area (Å²) in [5, 5.41) is 2.86. The molecule has 4 nitrogen and oxygen atoms in total. The minimum atomic E-state index is -0.197. The Labute approximate surface area is 73.5 Å². The normalized spacial score (nSPS) is 9.83. The van der Waals surface area contributed by atoms with Gasteiger partial charge in [-0.25, -0.2) is 0 Å². The highest BCUT2D eigenvalue weighted by molar-refractivity contribution is 5.71. The van der Waals surface area contributed by atoms with Gasteiger partial charge in [0.1, 0.15) is 0 Å². The number of ether oxygens (including phenoxy) is 1. The van der Waals surface area contributed by atoms with E-state index in [0.717, 1.165) is 12.8 Å². The molecule has 0 aromatic heterocycles. The average molecular weight is 174 g/mol. The molecule has 0 aliphatic heterocycles. The predicted molar refractivity (Wildman–Crippen MR) is 47.8 cm³/mol. The Hall–Kier alpha value is -0.610. The molecule has 3 N–H and O–H groups in total. The van der Waals surface area contributed by atoms with E-state index >= 15 is 0 Å². The van der Waals surface area contributed by atoms with Gasteiger partial charge in [0, 0.05) is 13.1 Å². The summed E-state index contributed by atoms with van der Waals surface area (Å²) in [7, 11) is 0. The smallest absolute Gasteiger partial charge is 0.319 e. The standard InChI is InChI=1S/C8H18N2O2/c1-2-3-6-12-8(11)7-10-5-4-9/h10H,2-7,9H2,1H3. The fraction of sp³-hybridized carbons (Fsp3) is 0.875. The van der Waals surface area contributed by atoms with E-state index in [4.69, 9.17) is 10.5 Å². The van der Waals surface area contributed by atoms with Crippen molar-refractivity contribution in [2.75, 3.05) is 26.2 Å². The third kappa shape index (κ3) is 7.50. The summed E-state index contributed by atoms with van der Waals surface area (Å²) in [6.45, 7) is 4.05. The van der Waals surface area contributed by atoms with Crippen LogP contribution < -0.4 is 11.1 Å². The molecule has 4 heteroatoms. The van der Waals surface area contributed by atoms with Gasteiger partial charge in [0.2, 0.25) is 0 Å². The first-order valence-electron chi connectivity index (χ1n) is 4.37. The van der Waals surface area contributed by atoms with E-state index in [0.29, 0.717) is 19.7 Å². The molecule has 0 aromatic carbocycles. The molecule has 0 atom stereocenters. The van der Waals surface area contributed by atoms with Gasteiger partial charge in [0.15, 0.2) is 0 Å². The van der Waals surface area contributed by atoms with Crippen LogP contribution in [0.4, 0.5) is 0 Å². The number of carbonyl (C=O) groups excluding carboxylic acids is 1. The SMILES string of the molecule is CCCCOC(=O)CNCCN. The van der Waals surface area contributed by atoms with Gasteiger partial charge in [0.25, 0.3) is 0 Å². The molecule has 0 rings (SSSR count). The summed E-state index contributed by atoms with van der Waals surface area (Å²) in [6.07, 6.45) is 1.98. The Balaban J connectivity index is 3.10. The van der Waals surface area contributed by atoms with E-state index in [9.17, 15) is 4.79 Å². The summed E-state index contributed by atoms with van der Waals surface area (Å²) in [4.78, 5) is 10.9. The average Bonchev–Trinajstić information content (AvgIpc) is 2.06. The van der Waals surface area contributed by atoms with Gasteiger partial charge >= 0.3 is 5.97 Å². The fourth-order valence-electron chi connectivity index (χ4n) is 0.674. The van der Waals surface area contributed by atoms with Crippen LogP contribution in [0.1, 0.15) is 19.8 Å². The second-order valence-corrected chi connectivity index (χ2v) is 2.54. The third-order valence-electron chi connectivity index (χ3n) is 1.35. The van der Waals surface area contributed by atoms with E-state index < -0.39 is 0 Å². The number of unbranched alkanes of at least 4 members (excludes halogenated alkanes) is 1. The molecular formula is C8H18N2O2. The third-order valence-corrected chi connectivity index (χ3v) is 1.35. The highest BCUT2D eigenvalue weighted by Gasteiger charge is 1.99. The number of hydrogen-bond donors (Lipinski definition) is 2. The maximum Gasteiger partial charge on any atom is 0.319 e. The molecule has 0 bridgehead atoms. The van der Waals surface area contributed by atoms with Crippen LogP contribution in [0.15, 0.2) is 0 Å². The van der Waals surface area contributed by atoms with Gasteiger partial charge < -0.3 is 15.8 Å². The van der Waals surface area contributed by atoms with Crippen molar-refractivity contribution in [3.8, 4) is 0 Å².